The van der Waals surface area contributed by atoms with Crippen LogP contribution in [0.2, 0.25) is 0 Å². The topological polar surface area (TPSA) is 120 Å². The molecule has 0 bridgehead atoms. The van der Waals surface area contributed by atoms with Gasteiger partial charge in [-0.15, -0.1) is 0 Å². The summed E-state index contributed by atoms with van der Waals surface area (Å²) in [7, 11) is -3.45. The quantitative estimate of drug-likeness (QED) is 0.368. The van der Waals surface area contributed by atoms with Gasteiger partial charge in [-0.25, -0.2) is 13.4 Å². The van der Waals surface area contributed by atoms with Crippen molar-refractivity contribution in [3.05, 3.63) is 72.1 Å². The number of sulfonamides is 1. The minimum atomic E-state index is -3.45. The highest BCUT2D eigenvalue weighted by atomic mass is 32.2. The number of hydrogen-bond donors (Lipinski definition) is 3. The van der Waals surface area contributed by atoms with Crippen LogP contribution in [0.15, 0.2) is 60.9 Å². The average molecular weight is 491 g/mol. The van der Waals surface area contributed by atoms with E-state index >= 15 is 0 Å². The number of anilines is 4. The van der Waals surface area contributed by atoms with Crippen LogP contribution < -0.4 is 14.9 Å². The molecule has 2 aromatic carbocycles. The van der Waals surface area contributed by atoms with E-state index in [1.165, 1.54) is 10.6 Å². The third kappa shape index (κ3) is 4.21. The molecule has 3 heterocycles. The first-order chi connectivity index (χ1) is 16.7. The molecule has 0 saturated carbocycles. The Bertz CT molecular complexity index is 1550. The third-order valence-electron chi connectivity index (χ3n) is 6.60. The summed E-state index contributed by atoms with van der Waals surface area (Å²) in [6, 6.07) is 14.5. The Morgan fingerprint density at radius 1 is 1.17 bits per heavy atom. The van der Waals surface area contributed by atoms with E-state index in [0.717, 1.165) is 28.6 Å². The van der Waals surface area contributed by atoms with Crippen molar-refractivity contribution in [2.45, 2.75) is 25.7 Å². The molecule has 35 heavy (non-hydrogen) atoms. The Morgan fingerprint density at radius 2 is 1.97 bits per heavy atom. The highest BCUT2D eigenvalue weighted by Crippen LogP contribution is 2.45. The monoisotopic (exact) mass is 490 g/mol. The van der Waals surface area contributed by atoms with Gasteiger partial charge >= 0.3 is 0 Å². The molecule has 1 amide bonds. The Morgan fingerprint density at radius 3 is 2.74 bits per heavy atom. The predicted octanol–water partition coefficient (Wildman–Crippen LogP) is 4.40. The molecule has 0 aliphatic carbocycles. The first-order valence-corrected chi connectivity index (χ1v) is 13.1. The molecule has 5 rings (SSSR count). The van der Waals surface area contributed by atoms with Crippen LogP contribution in [-0.4, -0.2) is 42.3 Å². The van der Waals surface area contributed by atoms with Crippen molar-refractivity contribution in [1.82, 2.24) is 15.2 Å². The number of aromatic amines is 1. The van der Waals surface area contributed by atoms with Gasteiger partial charge in [-0.1, -0.05) is 19.9 Å². The Hall–Kier alpha value is -3.92. The zero-order valence-electron chi connectivity index (χ0n) is 19.7. The van der Waals surface area contributed by atoms with Crippen LogP contribution in [0.5, 0.6) is 0 Å². The largest absolute Gasteiger partial charge is 0.340 e. The summed E-state index contributed by atoms with van der Waals surface area (Å²) in [6.07, 6.45) is 5.35. The normalized spacial score (nSPS) is 17.4. The van der Waals surface area contributed by atoms with Crippen molar-refractivity contribution in [3.8, 4) is 0 Å². The standard InChI is InChI=1S/C25H26N6O3S/c1-4-25(2)15-31(35(3,33)34)22-13-18(9-10-20(22)25)29-24(32)19-6-5-11-26-23(19)28-17-8-7-16-14-27-30-21(16)12-17/h5-14H,4,15H2,1-3H3,(H,26,28)(H,27,30)(H,29,32). The van der Waals surface area contributed by atoms with E-state index in [2.05, 4.69) is 32.7 Å². The lowest BCUT2D eigenvalue weighted by Crippen LogP contribution is -2.34. The van der Waals surface area contributed by atoms with E-state index in [-0.39, 0.29) is 11.3 Å². The molecule has 4 aromatic rings. The molecule has 0 radical (unpaired) electrons. The van der Waals surface area contributed by atoms with Crippen molar-refractivity contribution < 1.29 is 13.2 Å². The lowest BCUT2D eigenvalue weighted by molar-refractivity contribution is 0.102. The van der Waals surface area contributed by atoms with Crippen LogP contribution in [0.4, 0.5) is 22.9 Å². The number of aromatic nitrogens is 3. The SMILES string of the molecule is CCC1(C)CN(S(C)(=O)=O)c2cc(NC(=O)c3cccnc3Nc3ccc4cn[nH]c4c3)ccc21. The lowest BCUT2D eigenvalue weighted by atomic mass is 9.82. The Balaban J connectivity index is 1.43. The van der Waals surface area contributed by atoms with Crippen LogP contribution >= 0.6 is 0 Å². The van der Waals surface area contributed by atoms with Crippen LogP contribution in [-0.2, 0) is 15.4 Å². The molecule has 0 spiro atoms. The van der Waals surface area contributed by atoms with E-state index in [4.69, 9.17) is 0 Å². The van der Waals surface area contributed by atoms with Gasteiger partial charge in [0.1, 0.15) is 5.82 Å². The second-order valence-electron chi connectivity index (χ2n) is 9.07. The summed E-state index contributed by atoms with van der Waals surface area (Å²) >= 11 is 0. The average Bonchev–Trinajstić information content (AvgIpc) is 3.41. The first kappa shape index (κ1) is 22.9. The maximum absolute atomic E-state index is 13.2. The number of amides is 1. The number of nitrogens with zero attached hydrogens (tertiary/aromatic N) is 3. The number of hydrogen-bond acceptors (Lipinski definition) is 6. The van der Waals surface area contributed by atoms with E-state index < -0.39 is 10.0 Å². The van der Waals surface area contributed by atoms with Gasteiger partial charge in [0.25, 0.3) is 5.91 Å². The summed E-state index contributed by atoms with van der Waals surface area (Å²) in [5.74, 6) is 0.0478. The van der Waals surface area contributed by atoms with Crippen molar-refractivity contribution >= 4 is 49.7 Å². The minimum absolute atomic E-state index is 0.281. The molecule has 10 heteroatoms. The van der Waals surface area contributed by atoms with Gasteiger partial charge < -0.3 is 10.6 Å². The fourth-order valence-corrected chi connectivity index (χ4v) is 5.48. The molecule has 0 fully saturated rings. The van der Waals surface area contributed by atoms with E-state index in [0.29, 0.717) is 29.3 Å². The van der Waals surface area contributed by atoms with Gasteiger partial charge in [-0.3, -0.25) is 14.2 Å². The van der Waals surface area contributed by atoms with Crippen LogP contribution in [0.3, 0.4) is 0 Å². The number of H-pyrrole nitrogens is 1. The van der Waals surface area contributed by atoms with Gasteiger partial charge in [-0.2, -0.15) is 5.10 Å². The van der Waals surface area contributed by atoms with Crippen LogP contribution in [0, 0.1) is 0 Å². The zero-order valence-corrected chi connectivity index (χ0v) is 20.5. The Kier molecular flexibility index (Phi) is 5.47. The number of carbonyl (C=O) groups excluding carboxylic acids is 1. The molecule has 180 valence electrons. The molecule has 2 aromatic heterocycles. The molecule has 3 N–H and O–H groups in total. The fourth-order valence-electron chi connectivity index (χ4n) is 4.45. The number of fused-ring (bicyclic) bond motifs is 2. The minimum Gasteiger partial charge on any atom is -0.340 e. The summed E-state index contributed by atoms with van der Waals surface area (Å²) in [5, 5.41) is 14.0. The predicted molar refractivity (Wildman–Crippen MR) is 138 cm³/mol. The van der Waals surface area contributed by atoms with Gasteiger partial charge in [0.05, 0.1) is 29.2 Å². The summed E-state index contributed by atoms with van der Waals surface area (Å²) in [6.45, 7) is 4.49. The number of benzene rings is 2. The van der Waals surface area contributed by atoms with Crippen molar-refractivity contribution in [1.29, 1.82) is 0 Å². The van der Waals surface area contributed by atoms with Crippen molar-refractivity contribution in [3.63, 3.8) is 0 Å². The fraction of sp³-hybridized carbons (Fsp3) is 0.240. The third-order valence-corrected chi connectivity index (χ3v) is 7.73. The molecular formula is C25H26N6O3S. The van der Waals surface area contributed by atoms with Gasteiger partial charge in [-0.05, 0) is 54.4 Å². The molecule has 1 aliphatic rings. The maximum Gasteiger partial charge on any atom is 0.259 e. The molecule has 1 aliphatic heterocycles. The second kappa shape index (κ2) is 8.38. The van der Waals surface area contributed by atoms with Gasteiger partial charge in [0, 0.05) is 34.9 Å². The van der Waals surface area contributed by atoms with E-state index in [1.807, 2.05) is 37.3 Å². The highest BCUT2D eigenvalue weighted by molar-refractivity contribution is 7.92. The number of rotatable bonds is 6. The van der Waals surface area contributed by atoms with E-state index in [1.54, 1.807) is 30.6 Å². The number of nitrogens with one attached hydrogen (secondary N) is 3. The van der Waals surface area contributed by atoms with Crippen LogP contribution in [0.1, 0.15) is 36.2 Å². The molecule has 1 unspecified atom stereocenters. The lowest BCUT2D eigenvalue weighted by Gasteiger charge is -2.23. The van der Waals surface area contributed by atoms with Crippen molar-refractivity contribution in [2.24, 2.45) is 0 Å². The van der Waals surface area contributed by atoms with E-state index in [9.17, 15) is 13.2 Å². The molecule has 0 saturated heterocycles. The first-order valence-electron chi connectivity index (χ1n) is 11.3. The summed E-state index contributed by atoms with van der Waals surface area (Å²) in [4.78, 5) is 17.6. The molecule has 9 nitrogen and oxygen atoms in total. The number of carbonyl (C=O) groups is 1. The van der Waals surface area contributed by atoms with Crippen LogP contribution in [0.25, 0.3) is 10.9 Å². The van der Waals surface area contributed by atoms with Gasteiger partial charge in [0.2, 0.25) is 10.0 Å². The van der Waals surface area contributed by atoms with Crippen molar-refractivity contribution in [2.75, 3.05) is 27.7 Å². The molecule has 1 atom stereocenters. The zero-order chi connectivity index (χ0) is 24.8. The summed E-state index contributed by atoms with van der Waals surface area (Å²) in [5.41, 5.74) is 3.78. The smallest absolute Gasteiger partial charge is 0.259 e. The number of pyridine rings is 1. The molecular weight excluding hydrogens is 464 g/mol. The highest BCUT2D eigenvalue weighted by Gasteiger charge is 2.41. The second-order valence-corrected chi connectivity index (χ2v) is 11.0. The van der Waals surface area contributed by atoms with Gasteiger partial charge in [0.15, 0.2) is 0 Å². The maximum atomic E-state index is 13.2. The Labute approximate surface area is 203 Å². The summed E-state index contributed by atoms with van der Waals surface area (Å²) < 4.78 is 26.3.